The lowest BCUT2D eigenvalue weighted by Crippen LogP contribution is -2.35. The minimum absolute atomic E-state index is 0.575. The molecule has 4 atom stereocenters. The maximum absolute atomic E-state index is 11.3. The second-order valence-corrected chi connectivity index (χ2v) is 7.37. The predicted octanol–water partition coefficient (Wildman–Crippen LogP) is 3.80. The second-order valence-electron chi connectivity index (χ2n) is 5.94. The lowest BCUT2D eigenvalue weighted by Gasteiger charge is -2.35. The molecular formula is C16H25NOS. The van der Waals surface area contributed by atoms with E-state index in [2.05, 4.69) is 43.4 Å². The Bertz CT molecular complexity index is 446. The smallest absolute Gasteiger partial charge is 0.0483 e. The Kier molecular flexibility index (Phi) is 5.03. The summed E-state index contributed by atoms with van der Waals surface area (Å²) in [7, 11) is -0.772. The summed E-state index contributed by atoms with van der Waals surface area (Å²) < 4.78 is 11.3. The fourth-order valence-electron chi connectivity index (χ4n) is 2.99. The number of hydrogen-bond donors (Lipinski definition) is 1. The summed E-state index contributed by atoms with van der Waals surface area (Å²) in [4.78, 5) is 0. The van der Waals surface area contributed by atoms with Gasteiger partial charge in [-0.1, -0.05) is 38.8 Å². The van der Waals surface area contributed by atoms with Crippen LogP contribution in [0.25, 0.3) is 0 Å². The first-order valence-electron chi connectivity index (χ1n) is 7.22. The zero-order chi connectivity index (χ0) is 13.8. The van der Waals surface area contributed by atoms with Crippen LogP contribution < -0.4 is 5.32 Å². The SMILES string of the molecule is CC1CCCC(Nc2cccc(CS(C)=O)c2)C1C. The highest BCUT2D eigenvalue weighted by Gasteiger charge is 2.26. The molecule has 2 rings (SSSR count). The summed E-state index contributed by atoms with van der Waals surface area (Å²) >= 11 is 0. The van der Waals surface area contributed by atoms with Crippen molar-refractivity contribution in [1.82, 2.24) is 0 Å². The first-order valence-corrected chi connectivity index (χ1v) is 8.94. The standard InChI is InChI=1S/C16H25NOS/c1-12-6-4-9-16(13(12)2)17-15-8-5-7-14(10-15)11-19(3)18/h5,7-8,10,12-13,16-17H,4,6,9,11H2,1-3H3. The molecule has 1 aromatic carbocycles. The lowest BCUT2D eigenvalue weighted by molar-refractivity contribution is 0.253. The normalized spacial score (nSPS) is 28.9. The van der Waals surface area contributed by atoms with E-state index in [-0.39, 0.29) is 0 Å². The summed E-state index contributed by atoms with van der Waals surface area (Å²) in [5, 5.41) is 3.68. The van der Waals surface area contributed by atoms with E-state index in [9.17, 15) is 4.21 Å². The first kappa shape index (κ1) is 14.6. The van der Waals surface area contributed by atoms with Gasteiger partial charge in [0.2, 0.25) is 0 Å². The van der Waals surface area contributed by atoms with E-state index < -0.39 is 10.8 Å². The Balaban J connectivity index is 2.04. The van der Waals surface area contributed by atoms with Crippen LogP contribution in [0.3, 0.4) is 0 Å². The van der Waals surface area contributed by atoms with E-state index in [0.717, 1.165) is 17.4 Å². The van der Waals surface area contributed by atoms with Gasteiger partial charge in [-0.15, -0.1) is 0 Å². The van der Waals surface area contributed by atoms with Crippen molar-refractivity contribution in [1.29, 1.82) is 0 Å². The quantitative estimate of drug-likeness (QED) is 0.908. The molecular weight excluding hydrogens is 254 g/mol. The van der Waals surface area contributed by atoms with Crippen LogP contribution in [0.5, 0.6) is 0 Å². The summed E-state index contributed by atoms with van der Waals surface area (Å²) in [6.07, 6.45) is 5.69. The van der Waals surface area contributed by atoms with Gasteiger partial charge in [-0.3, -0.25) is 4.21 Å². The number of rotatable bonds is 4. The zero-order valence-electron chi connectivity index (χ0n) is 12.2. The van der Waals surface area contributed by atoms with Crippen molar-refractivity contribution in [3.8, 4) is 0 Å². The fourth-order valence-corrected chi connectivity index (χ4v) is 3.63. The molecule has 3 heteroatoms. The molecule has 0 radical (unpaired) electrons. The Labute approximate surface area is 119 Å². The maximum atomic E-state index is 11.3. The molecule has 1 aromatic rings. The molecule has 19 heavy (non-hydrogen) atoms. The molecule has 2 nitrogen and oxygen atoms in total. The topological polar surface area (TPSA) is 29.1 Å². The highest BCUT2D eigenvalue weighted by Crippen LogP contribution is 2.31. The van der Waals surface area contributed by atoms with Crippen LogP contribution in [-0.4, -0.2) is 16.5 Å². The monoisotopic (exact) mass is 279 g/mol. The third-order valence-electron chi connectivity index (χ3n) is 4.36. The van der Waals surface area contributed by atoms with Gasteiger partial charge in [0, 0.05) is 34.5 Å². The van der Waals surface area contributed by atoms with Gasteiger partial charge in [0.1, 0.15) is 0 Å². The van der Waals surface area contributed by atoms with E-state index in [1.54, 1.807) is 6.26 Å². The van der Waals surface area contributed by atoms with Gasteiger partial charge in [0.05, 0.1) is 0 Å². The molecule has 106 valence electrons. The molecule has 0 heterocycles. The summed E-state index contributed by atoms with van der Waals surface area (Å²) in [6.45, 7) is 4.71. The van der Waals surface area contributed by atoms with Gasteiger partial charge in [0.25, 0.3) is 0 Å². The van der Waals surface area contributed by atoms with Gasteiger partial charge < -0.3 is 5.32 Å². The third-order valence-corrected chi connectivity index (χ3v) is 5.10. The van der Waals surface area contributed by atoms with Gasteiger partial charge in [0.15, 0.2) is 0 Å². The van der Waals surface area contributed by atoms with E-state index in [0.29, 0.717) is 11.8 Å². The van der Waals surface area contributed by atoms with Gasteiger partial charge in [-0.2, -0.15) is 0 Å². The number of benzene rings is 1. The molecule has 0 amide bonds. The van der Waals surface area contributed by atoms with Crippen molar-refractivity contribution in [2.75, 3.05) is 11.6 Å². The van der Waals surface area contributed by atoms with Crippen LogP contribution in [0.1, 0.15) is 38.7 Å². The molecule has 0 aliphatic heterocycles. The van der Waals surface area contributed by atoms with Crippen LogP contribution in [0.2, 0.25) is 0 Å². The van der Waals surface area contributed by atoms with Crippen molar-refractivity contribution in [2.24, 2.45) is 11.8 Å². The average Bonchev–Trinajstić information content (AvgIpc) is 2.35. The largest absolute Gasteiger partial charge is 0.382 e. The minimum atomic E-state index is -0.772. The van der Waals surface area contributed by atoms with Crippen LogP contribution in [0.15, 0.2) is 24.3 Å². The molecule has 1 saturated carbocycles. The van der Waals surface area contributed by atoms with E-state index >= 15 is 0 Å². The van der Waals surface area contributed by atoms with Crippen molar-refractivity contribution >= 4 is 16.5 Å². The van der Waals surface area contributed by atoms with Crippen molar-refractivity contribution in [2.45, 2.75) is 44.9 Å². The first-order chi connectivity index (χ1) is 9.06. The summed E-state index contributed by atoms with van der Waals surface area (Å²) in [5.41, 5.74) is 2.33. The van der Waals surface area contributed by atoms with Crippen LogP contribution in [-0.2, 0) is 16.6 Å². The van der Waals surface area contributed by atoms with E-state index in [1.165, 1.54) is 24.9 Å². The van der Waals surface area contributed by atoms with Crippen LogP contribution in [0, 0.1) is 11.8 Å². The van der Waals surface area contributed by atoms with Crippen LogP contribution in [0.4, 0.5) is 5.69 Å². The van der Waals surface area contributed by atoms with Crippen LogP contribution >= 0.6 is 0 Å². The van der Waals surface area contributed by atoms with Gasteiger partial charge in [-0.05, 0) is 36.0 Å². The average molecular weight is 279 g/mol. The Morgan fingerprint density at radius 3 is 2.84 bits per heavy atom. The fraction of sp³-hybridized carbons (Fsp3) is 0.625. The Hall–Kier alpha value is -0.830. The molecule has 1 fully saturated rings. The minimum Gasteiger partial charge on any atom is -0.382 e. The van der Waals surface area contributed by atoms with Crippen molar-refractivity contribution < 1.29 is 4.21 Å². The molecule has 0 bridgehead atoms. The van der Waals surface area contributed by atoms with E-state index in [1.807, 2.05) is 0 Å². The van der Waals surface area contributed by atoms with Gasteiger partial charge >= 0.3 is 0 Å². The Morgan fingerprint density at radius 2 is 2.11 bits per heavy atom. The molecule has 4 unspecified atom stereocenters. The maximum Gasteiger partial charge on any atom is 0.0483 e. The highest BCUT2D eigenvalue weighted by molar-refractivity contribution is 7.83. The van der Waals surface area contributed by atoms with E-state index in [4.69, 9.17) is 0 Å². The molecule has 1 N–H and O–H groups in total. The van der Waals surface area contributed by atoms with Gasteiger partial charge in [-0.25, -0.2) is 0 Å². The molecule has 0 spiro atoms. The van der Waals surface area contributed by atoms with Crippen molar-refractivity contribution in [3.63, 3.8) is 0 Å². The summed E-state index contributed by atoms with van der Waals surface area (Å²) in [6, 6.07) is 8.95. The predicted molar refractivity (Wildman–Crippen MR) is 83.8 cm³/mol. The number of nitrogens with one attached hydrogen (secondary N) is 1. The number of anilines is 1. The molecule has 1 aliphatic carbocycles. The Morgan fingerprint density at radius 1 is 1.32 bits per heavy atom. The molecule has 1 aliphatic rings. The lowest BCUT2D eigenvalue weighted by atomic mass is 9.78. The zero-order valence-corrected chi connectivity index (χ0v) is 13.0. The highest BCUT2D eigenvalue weighted by atomic mass is 32.2. The molecule has 0 aromatic heterocycles. The number of hydrogen-bond acceptors (Lipinski definition) is 2. The summed E-state index contributed by atoms with van der Waals surface area (Å²) in [5.74, 6) is 2.17. The third kappa shape index (κ3) is 4.07. The second kappa shape index (κ2) is 6.56. The van der Waals surface area contributed by atoms with Crippen molar-refractivity contribution in [3.05, 3.63) is 29.8 Å². The molecule has 0 saturated heterocycles.